The van der Waals surface area contributed by atoms with Crippen LogP contribution in [0.3, 0.4) is 0 Å². The summed E-state index contributed by atoms with van der Waals surface area (Å²) in [5.41, 5.74) is 0. The maximum atomic E-state index is 5.93. The molecule has 2 nitrogen and oxygen atoms in total. The molecule has 0 saturated carbocycles. The highest BCUT2D eigenvalue weighted by Crippen LogP contribution is 2.17. The molecule has 0 N–H and O–H groups in total. The molecule has 1 unspecified atom stereocenters. The quantitative estimate of drug-likeness (QED) is 0.659. The molecule has 0 aliphatic carbocycles. The van der Waals surface area contributed by atoms with Gasteiger partial charge < -0.3 is 4.74 Å². The van der Waals surface area contributed by atoms with Crippen molar-refractivity contribution in [2.24, 2.45) is 0 Å². The maximum Gasteiger partial charge on any atom is 0.0597 e. The fourth-order valence-corrected chi connectivity index (χ4v) is 2.28. The molecule has 0 aromatic heterocycles. The van der Waals surface area contributed by atoms with E-state index in [1.54, 1.807) is 0 Å². The predicted octanol–water partition coefficient (Wildman–Crippen LogP) is 2.50. The SMILES string of the molecule is CC(C)OCCN1CCCCC1CCl. The first-order valence-corrected chi connectivity index (χ1v) is 6.19. The Morgan fingerprint density at radius 2 is 2.21 bits per heavy atom. The number of nitrogens with zero attached hydrogens (tertiary/aromatic N) is 1. The van der Waals surface area contributed by atoms with Crippen LogP contribution < -0.4 is 0 Å². The molecule has 0 radical (unpaired) electrons. The number of hydrogen-bond acceptors (Lipinski definition) is 2. The first-order chi connectivity index (χ1) is 6.74. The van der Waals surface area contributed by atoms with Crippen LogP contribution in [-0.2, 0) is 4.74 Å². The molecule has 1 aliphatic rings. The Morgan fingerprint density at radius 1 is 1.43 bits per heavy atom. The first kappa shape index (κ1) is 12.3. The molecule has 3 heteroatoms. The lowest BCUT2D eigenvalue weighted by atomic mass is 10.0. The summed E-state index contributed by atoms with van der Waals surface area (Å²) in [6, 6.07) is 0.584. The third kappa shape index (κ3) is 4.16. The molecule has 0 aromatic rings. The number of piperidine rings is 1. The van der Waals surface area contributed by atoms with E-state index in [9.17, 15) is 0 Å². The van der Waals surface area contributed by atoms with Crippen LogP contribution in [0.25, 0.3) is 0 Å². The van der Waals surface area contributed by atoms with Crippen molar-refractivity contribution in [2.45, 2.75) is 45.3 Å². The Morgan fingerprint density at radius 3 is 2.86 bits per heavy atom. The second kappa shape index (κ2) is 6.65. The summed E-state index contributed by atoms with van der Waals surface area (Å²) < 4.78 is 5.55. The van der Waals surface area contributed by atoms with Crippen LogP contribution in [0.1, 0.15) is 33.1 Å². The number of rotatable bonds is 5. The minimum absolute atomic E-state index is 0.342. The van der Waals surface area contributed by atoms with Gasteiger partial charge in [-0.25, -0.2) is 0 Å². The maximum absolute atomic E-state index is 5.93. The van der Waals surface area contributed by atoms with E-state index in [2.05, 4.69) is 18.7 Å². The number of likely N-dealkylation sites (tertiary alicyclic amines) is 1. The topological polar surface area (TPSA) is 12.5 Å². The lowest BCUT2D eigenvalue weighted by molar-refractivity contribution is 0.0436. The highest BCUT2D eigenvalue weighted by molar-refractivity contribution is 6.18. The first-order valence-electron chi connectivity index (χ1n) is 5.65. The molecule has 1 atom stereocenters. The van der Waals surface area contributed by atoms with Crippen molar-refractivity contribution in [2.75, 3.05) is 25.6 Å². The normalized spacial score (nSPS) is 24.4. The minimum Gasteiger partial charge on any atom is -0.377 e. The Bertz CT molecular complexity index is 152. The third-order valence-corrected chi connectivity index (χ3v) is 3.11. The van der Waals surface area contributed by atoms with Gasteiger partial charge in [0.15, 0.2) is 0 Å². The van der Waals surface area contributed by atoms with Crippen molar-refractivity contribution < 1.29 is 4.74 Å². The Labute approximate surface area is 92.6 Å². The van der Waals surface area contributed by atoms with Gasteiger partial charge >= 0.3 is 0 Å². The third-order valence-electron chi connectivity index (χ3n) is 2.76. The van der Waals surface area contributed by atoms with E-state index < -0.39 is 0 Å². The van der Waals surface area contributed by atoms with Crippen LogP contribution in [0.2, 0.25) is 0 Å². The monoisotopic (exact) mass is 219 g/mol. The van der Waals surface area contributed by atoms with Crippen LogP contribution in [0.4, 0.5) is 0 Å². The molecule has 0 spiro atoms. The largest absolute Gasteiger partial charge is 0.377 e. The Kier molecular flexibility index (Phi) is 5.83. The van der Waals surface area contributed by atoms with Crippen molar-refractivity contribution >= 4 is 11.6 Å². The van der Waals surface area contributed by atoms with Crippen molar-refractivity contribution in [1.29, 1.82) is 0 Å². The number of halogens is 1. The van der Waals surface area contributed by atoms with Gasteiger partial charge in [0.1, 0.15) is 0 Å². The summed E-state index contributed by atoms with van der Waals surface area (Å²) in [6.45, 7) is 7.23. The summed E-state index contributed by atoms with van der Waals surface area (Å²) in [4.78, 5) is 2.47. The molecule has 14 heavy (non-hydrogen) atoms. The second-order valence-electron chi connectivity index (χ2n) is 4.26. The highest BCUT2D eigenvalue weighted by Gasteiger charge is 2.20. The van der Waals surface area contributed by atoms with Crippen LogP contribution in [0, 0.1) is 0 Å². The number of hydrogen-bond donors (Lipinski definition) is 0. The summed E-state index contributed by atoms with van der Waals surface area (Å²) >= 11 is 5.93. The van der Waals surface area contributed by atoms with Crippen LogP contribution in [-0.4, -0.2) is 42.6 Å². The van der Waals surface area contributed by atoms with Crippen molar-refractivity contribution in [1.82, 2.24) is 4.90 Å². The van der Waals surface area contributed by atoms with Crippen molar-refractivity contribution in [3.8, 4) is 0 Å². The van der Waals surface area contributed by atoms with E-state index in [1.165, 1.54) is 25.8 Å². The molecule has 1 rings (SSSR count). The molecule has 1 heterocycles. The molecule has 1 saturated heterocycles. The zero-order valence-electron chi connectivity index (χ0n) is 9.34. The van der Waals surface area contributed by atoms with E-state index in [0.717, 1.165) is 19.0 Å². The summed E-state index contributed by atoms with van der Waals surface area (Å²) in [5, 5.41) is 0. The van der Waals surface area contributed by atoms with Crippen LogP contribution in [0.5, 0.6) is 0 Å². The van der Waals surface area contributed by atoms with E-state index in [0.29, 0.717) is 12.1 Å². The lowest BCUT2D eigenvalue weighted by Crippen LogP contribution is -2.42. The molecular weight excluding hydrogens is 198 g/mol. The summed E-state index contributed by atoms with van der Waals surface area (Å²) in [5.74, 6) is 0.766. The molecule has 1 aliphatic heterocycles. The van der Waals surface area contributed by atoms with E-state index in [-0.39, 0.29) is 0 Å². The molecule has 84 valence electrons. The summed E-state index contributed by atoms with van der Waals surface area (Å²) in [6.07, 6.45) is 4.24. The van der Waals surface area contributed by atoms with Crippen molar-refractivity contribution in [3.05, 3.63) is 0 Å². The van der Waals surface area contributed by atoms with Gasteiger partial charge in [-0.15, -0.1) is 11.6 Å². The fraction of sp³-hybridized carbons (Fsp3) is 1.00. The van der Waals surface area contributed by atoms with Gasteiger partial charge in [-0.3, -0.25) is 4.90 Å². The van der Waals surface area contributed by atoms with E-state index >= 15 is 0 Å². The molecule has 0 aromatic carbocycles. The van der Waals surface area contributed by atoms with Gasteiger partial charge in [0, 0.05) is 18.5 Å². The number of alkyl halides is 1. The number of ether oxygens (including phenoxy) is 1. The lowest BCUT2D eigenvalue weighted by Gasteiger charge is -2.34. The summed E-state index contributed by atoms with van der Waals surface area (Å²) in [7, 11) is 0. The van der Waals surface area contributed by atoms with Crippen LogP contribution >= 0.6 is 11.6 Å². The van der Waals surface area contributed by atoms with E-state index in [4.69, 9.17) is 16.3 Å². The zero-order chi connectivity index (χ0) is 10.4. The molecule has 1 fully saturated rings. The fourth-order valence-electron chi connectivity index (χ4n) is 1.93. The van der Waals surface area contributed by atoms with Crippen LogP contribution in [0.15, 0.2) is 0 Å². The average molecular weight is 220 g/mol. The van der Waals surface area contributed by atoms with E-state index in [1.807, 2.05) is 0 Å². The Balaban J connectivity index is 2.19. The van der Waals surface area contributed by atoms with Gasteiger partial charge in [0.2, 0.25) is 0 Å². The zero-order valence-corrected chi connectivity index (χ0v) is 10.1. The molecule has 0 amide bonds. The molecular formula is C11H22ClNO. The average Bonchev–Trinajstić information content (AvgIpc) is 2.18. The van der Waals surface area contributed by atoms with Gasteiger partial charge in [0.05, 0.1) is 12.7 Å². The van der Waals surface area contributed by atoms with Gasteiger partial charge in [-0.1, -0.05) is 6.42 Å². The highest BCUT2D eigenvalue weighted by atomic mass is 35.5. The molecule has 0 bridgehead atoms. The minimum atomic E-state index is 0.342. The van der Waals surface area contributed by atoms with Gasteiger partial charge in [0.25, 0.3) is 0 Å². The second-order valence-corrected chi connectivity index (χ2v) is 4.57. The predicted molar refractivity (Wildman–Crippen MR) is 61.0 cm³/mol. The van der Waals surface area contributed by atoms with Gasteiger partial charge in [-0.05, 0) is 33.2 Å². The smallest absolute Gasteiger partial charge is 0.0597 e. The van der Waals surface area contributed by atoms with Gasteiger partial charge in [-0.2, -0.15) is 0 Å². The Hall–Kier alpha value is 0.210. The standard InChI is InChI=1S/C11H22ClNO/c1-10(2)14-8-7-13-6-4-3-5-11(13)9-12/h10-11H,3-9H2,1-2H3. The van der Waals surface area contributed by atoms with Crippen molar-refractivity contribution in [3.63, 3.8) is 0 Å².